The van der Waals surface area contributed by atoms with E-state index in [-0.39, 0.29) is 0 Å². The SMILES string of the molecule is CCS/C(C)=C/C(O)c1ccccc1. The van der Waals surface area contributed by atoms with Gasteiger partial charge in [0.05, 0.1) is 6.10 Å². The second-order valence-electron chi connectivity index (χ2n) is 3.07. The summed E-state index contributed by atoms with van der Waals surface area (Å²) in [6.07, 6.45) is 1.42. The number of aliphatic hydroxyl groups excluding tert-OH is 1. The van der Waals surface area contributed by atoms with Crippen LogP contribution in [0.1, 0.15) is 25.5 Å². The molecule has 1 N–H and O–H groups in total. The Morgan fingerprint density at radius 1 is 1.43 bits per heavy atom. The lowest BCUT2D eigenvalue weighted by molar-refractivity contribution is 0.228. The summed E-state index contributed by atoms with van der Waals surface area (Å²) >= 11 is 1.76. The molecule has 1 aromatic carbocycles. The Kier molecular flexibility index (Phi) is 4.77. The van der Waals surface area contributed by atoms with E-state index in [9.17, 15) is 5.11 Å². The van der Waals surface area contributed by atoms with Crippen LogP contribution in [0.5, 0.6) is 0 Å². The van der Waals surface area contributed by atoms with E-state index in [4.69, 9.17) is 0 Å². The highest BCUT2D eigenvalue weighted by Crippen LogP contribution is 2.21. The number of hydrogen-bond donors (Lipinski definition) is 1. The fourth-order valence-corrected chi connectivity index (χ4v) is 1.93. The summed E-state index contributed by atoms with van der Waals surface area (Å²) in [5, 5.41) is 9.83. The molecule has 0 saturated heterocycles. The Morgan fingerprint density at radius 2 is 2.07 bits per heavy atom. The lowest BCUT2D eigenvalue weighted by atomic mass is 10.1. The molecule has 1 rings (SSSR count). The van der Waals surface area contributed by atoms with Crippen LogP contribution in [0.4, 0.5) is 0 Å². The maximum Gasteiger partial charge on any atom is 0.0982 e. The first-order valence-corrected chi connectivity index (χ1v) is 5.77. The highest BCUT2D eigenvalue weighted by Gasteiger charge is 2.02. The van der Waals surface area contributed by atoms with E-state index in [1.54, 1.807) is 11.8 Å². The molecular weight excluding hydrogens is 192 g/mol. The Hall–Kier alpha value is -0.730. The van der Waals surface area contributed by atoms with Gasteiger partial charge in [-0.25, -0.2) is 0 Å². The molecule has 0 aliphatic carbocycles. The van der Waals surface area contributed by atoms with Crippen LogP contribution < -0.4 is 0 Å². The van der Waals surface area contributed by atoms with Crippen molar-refractivity contribution in [1.82, 2.24) is 0 Å². The Labute approximate surface area is 89.8 Å². The number of allylic oxidation sites excluding steroid dienone is 1. The highest BCUT2D eigenvalue weighted by molar-refractivity contribution is 8.03. The van der Waals surface area contributed by atoms with Gasteiger partial charge in [-0.2, -0.15) is 0 Å². The monoisotopic (exact) mass is 208 g/mol. The van der Waals surface area contributed by atoms with Crippen LogP contribution in [0.3, 0.4) is 0 Å². The first-order valence-electron chi connectivity index (χ1n) is 4.78. The van der Waals surface area contributed by atoms with E-state index in [2.05, 4.69) is 6.92 Å². The Bertz CT molecular complexity index is 292. The fourth-order valence-electron chi connectivity index (χ4n) is 1.24. The Morgan fingerprint density at radius 3 is 2.64 bits per heavy atom. The largest absolute Gasteiger partial charge is 0.384 e. The molecule has 0 spiro atoms. The van der Waals surface area contributed by atoms with Crippen LogP contribution in [0.15, 0.2) is 41.3 Å². The van der Waals surface area contributed by atoms with E-state index in [1.165, 1.54) is 4.91 Å². The molecule has 0 fully saturated rings. The van der Waals surface area contributed by atoms with Crippen molar-refractivity contribution in [2.45, 2.75) is 20.0 Å². The smallest absolute Gasteiger partial charge is 0.0982 e. The van der Waals surface area contributed by atoms with E-state index in [0.717, 1.165) is 11.3 Å². The molecule has 1 atom stereocenters. The molecule has 0 aliphatic rings. The van der Waals surface area contributed by atoms with Gasteiger partial charge >= 0.3 is 0 Å². The van der Waals surface area contributed by atoms with Crippen LogP contribution in [0.2, 0.25) is 0 Å². The number of thioether (sulfide) groups is 1. The molecule has 0 amide bonds. The van der Waals surface area contributed by atoms with Crippen molar-refractivity contribution in [3.8, 4) is 0 Å². The van der Waals surface area contributed by atoms with Crippen molar-refractivity contribution < 1.29 is 5.11 Å². The van der Waals surface area contributed by atoms with E-state index in [0.29, 0.717) is 0 Å². The fraction of sp³-hybridized carbons (Fsp3) is 0.333. The summed E-state index contributed by atoms with van der Waals surface area (Å²) in [7, 11) is 0. The molecule has 14 heavy (non-hydrogen) atoms. The molecule has 0 heterocycles. The van der Waals surface area contributed by atoms with Gasteiger partial charge < -0.3 is 5.11 Å². The number of aliphatic hydroxyl groups is 1. The number of hydrogen-bond acceptors (Lipinski definition) is 2. The normalized spacial score (nSPS) is 14.1. The molecule has 0 bridgehead atoms. The molecule has 1 unspecified atom stereocenters. The molecule has 2 heteroatoms. The average Bonchev–Trinajstić information content (AvgIpc) is 2.19. The third kappa shape index (κ3) is 3.56. The zero-order chi connectivity index (χ0) is 10.4. The predicted molar refractivity (Wildman–Crippen MR) is 63.3 cm³/mol. The van der Waals surface area contributed by atoms with Crippen molar-refractivity contribution in [3.63, 3.8) is 0 Å². The van der Waals surface area contributed by atoms with Gasteiger partial charge in [0.15, 0.2) is 0 Å². The molecule has 0 saturated carbocycles. The van der Waals surface area contributed by atoms with Crippen LogP contribution in [-0.2, 0) is 0 Å². The zero-order valence-electron chi connectivity index (χ0n) is 8.60. The van der Waals surface area contributed by atoms with Gasteiger partial charge in [0, 0.05) is 0 Å². The molecule has 0 radical (unpaired) electrons. The third-order valence-electron chi connectivity index (χ3n) is 1.91. The minimum absolute atomic E-state index is 0.477. The molecule has 76 valence electrons. The maximum atomic E-state index is 9.83. The van der Waals surface area contributed by atoms with E-state index < -0.39 is 6.10 Å². The molecule has 1 aromatic rings. The van der Waals surface area contributed by atoms with Crippen molar-refractivity contribution in [3.05, 3.63) is 46.9 Å². The number of rotatable bonds is 4. The summed E-state index contributed by atoms with van der Waals surface area (Å²) in [4.78, 5) is 1.17. The second-order valence-corrected chi connectivity index (χ2v) is 4.58. The lowest BCUT2D eigenvalue weighted by Gasteiger charge is -2.07. The van der Waals surface area contributed by atoms with Crippen LogP contribution >= 0.6 is 11.8 Å². The second kappa shape index (κ2) is 5.89. The summed E-state index contributed by atoms with van der Waals surface area (Å²) in [6.45, 7) is 4.14. The van der Waals surface area contributed by atoms with Gasteiger partial charge in [-0.15, -0.1) is 11.8 Å². The van der Waals surface area contributed by atoms with Gasteiger partial charge in [-0.1, -0.05) is 37.3 Å². The zero-order valence-corrected chi connectivity index (χ0v) is 9.42. The predicted octanol–water partition coefficient (Wildman–Crippen LogP) is 3.38. The molecule has 0 aromatic heterocycles. The maximum absolute atomic E-state index is 9.83. The lowest BCUT2D eigenvalue weighted by Crippen LogP contribution is -1.92. The van der Waals surface area contributed by atoms with Gasteiger partial charge in [-0.3, -0.25) is 0 Å². The van der Waals surface area contributed by atoms with Crippen LogP contribution in [-0.4, -0.2) is 10.9 Å². The molecule has 1 nitrogen and oxygen atoms in total. The van der Waals surface area contributed by atoms with Gasteiger partial charge in [0.2, 0.25) is 0 Å². The van der Waals surface area contributed by atoms with E-state index in [1.807, 2.05) is 43.3 Å². The van der Waals surface area contributed by atoms with Crippen LogP contribution in [0, 0.1) is 0 Å². The topological polar surface area (TPSA) is 20.2 Å². The van der Waals surface area contributed by atoms with Crippen molar-refractivity contribution in [2.24, 2.45) is 0 Å². The van der Waals surface area contributed by atoms with Crippen molar-refractivity contribution in [1.29, 1.82) is 0 Å². The summed E-state index contributed by atoms with van der Waals surface area (Å²) in [5.74, 6) is 1.05. The molecule has 0 aliphatic heterocycles. The minimum atomic E-state index is -0.477. The summed E-state index contributed by atoms with van der Waals surface area (Å²) < 4.78 is 0. The van der Waals surface area contributed by atoms with Crippen LogP contribution in [0.25, 0.3) is 0 Å². The first kappa shape index (κ1) is 11.3. The minimum Gasteiger partial charge on any atom is -0.384 e. The highest BCUT2D eigenvalue weighted by atomic mass is 32.2. The van der Waals surface area contributed by atoms with Gasteiger partial charge in [0.25, 0.3) is 0 Å². The van der Waals surface area contributed by atoms with E-state index >= 15 is 0 Å². The van der Waals surface area contributed by atoms with Gasteiger partial charge in [-0.05, 0) is 29.2 Å². The first-order chi connectivity index (χ1) is 6.74. The molecular formula is C12H16OS. The average molecular weight is 208 g/mol. The summed E-state index contributed by atoms with van der Waals surface area (Å²) in [6, 6.07) is 9.70. The third-order valence-corrected chi connectivity index (χ3v) is 2.79. The quantitative estimate of drug-likeness (QED) is 0.818. The number of benzene rings is 1. The Balaban J connectivity index is 2.67. The standard InChI is InChI=1S/C12H16OS/c1-3-14-10(2)9-12(13)11-7-5-4-6-8-11/h4-9,12-13H,3H2,1-2H3/b10-9+. The van der Waals surface area contributed by atoms with Gasteiger partial charge in [0.1, 0.15) is 0 Å². The summed E-state index contributed by atoms with van der Waals surface area (Å²) in [5.41, 5.74) is 0.948. The van der Waals surface area contributed by atoms with Crippen molar-refractivity contribution in [2.75, 3.05) is 5.75 Å². The van der Waals surface area contributed by atoms with Crippen molar-refractivity contribution >= 4 is 11.8 Å².